The third kappa shape index (κ3) is 6.10. The minimum Gasteiger partial charge on any atom is -0.461 e. The summed E-state index contributed by atoms with van der Waals surface area (Å²) in [4.78, 5) is 14.3. The summed E-state index contributed by atoms with van der Waals surface area (Å²) >= 11 is 0. The highest BCUT2D eigenvalue weighted by Gasteiger charge is 2.19. The van der Waals surface area contributed by atoms with Crippen LogP contribution in [0.25, 0.3) is 0 Å². The zero-order valence-corrected chi connectivity index (χ0v) is 15.2. The van der Waals surface area contributed by atoms with E-state index in [-0.39, 0.29) is 11.4 Å². The second-order valence-corrected chi connectivity index (χ2v) is 5.13. The third-order valence-electron chi connectivity index (χ3n) is 3.66. The highest BCUT2D eigenvalue weighted by molar-refractivity contribution is 5.93. The molecule has 8 heteroatoms. The van der Waals surface area contributed by atoms with Crippen LogP contribution in [0.2, 0.25) is 0 Å². The fourth-order valence-electron chi connectivity index (χ4n) is 2.25. The van der Waals surface area contributed by atoms with Gasteiger partial charge in [-0.3, -0.25) is 0 Å². The number of hydrogen-bond donors (Lipinski definition) is 1. The van der Waals surface area contributed by atoms with Gasteiger partial charge in [0.05, 0.1) is 12.7 Å². The first kappa shape index (κ1) is 20.4. The Morgan fingerprint density at radius 2 is 1.88 bits per heavy atom. The Balaban J connectivity index is 2.60. The van der Waals surface area contributed by atoms with Gasteiger partial charge >= 0.3 is 5.97 Å². The summed E-state index contributed by atoms with van der Waals surface area (Å²) in [5.41, 5.74) is 6.27. The van der Waals surface area contributed by atoms with Gasteiger partial charge in [-0.05, 0) is 26.9 Å². The van der Waals surface area contributed by atoms with E-state index in [1.54, 1.807) is 0 Å². The van der Waals surface area contributed by atoms with Gasteiger partial charge in [0.1, 0.15) is 18.0 Å². The lowest BCUT2D eigenvalue weighted by Crippen LogP contribution is -2.28. The average Bonchev–Trinajstić information content (AvgIpc) is 2.93. The van der Waals surface area contributed by atoms with Crippen LogP contribution in [0.15, 0.2) is 6.20 Å². The third-order valence-corrected chi connectivity index (χ3v) is 3.66. The molecule has 0 spiro atoms. The lowest BCUT2D eigenvalue weighted by molar-refractivity contribution is -0.144. The topological polar surface area (TPSA) is 91.8 Å². The highest BCUT2D eigenvalue weighted by Crippen LogP contribution is 2.14. The molecule has 0 aromatic carbocycles. The van der Waals surface area contributed by atoms with Crippen molar-refractivity contribution in [2.75, 3.05) is 45.2 Å². The highest BCUT2D eigenvalue weighted by atomic mass is 16.7. The number of carbonyl (C=O) groups excluding carboxylic acids is 1. The van der Waals surface area contributed by atoms with E-state index in [9.17, 15) is 4.79 Å². The SMILES string of the molecule is CCOC(Cn1ncc(C(=O)OCCN(CC)CC)c1N)OCC. The van der Waals surface area contributed by atoms with Crippen LogP contribution in [-0.2, 0) is 20.8 Å². The number of hydrogen-bond acceptors (Lipinski definition) is 7. The molecule has 0 amide bonds. The lowest BCUT2D eigenvalue weighted by atomic mass is 10.3. The predicted octanol–water partition coefficient (Wildman–Crippen LogP) is 1.36. The van der Waals surface area contributed by atoms with Crippen molar-refractivity contribution in [1.82, 2.24) is 14.7 Å². The molecule has 1 aromatic rings. The van der Waals surface area contributed by atoms with Crippen molar-refractivity contribution >= 4 is 11.8 Å². The van der Waals surface area contributed by atoms with E-state index >= 15 is 0 Å². The van der Waals surface area contributed by atoms with Gasteiger partial charge < -0.3 is 24.8 Å². The standard InChI is InChI=1S/C16H30N4O4/c1-5-19(6-2)9-10-24-16(21)13-11-18-20(15(13)17)12-14(22-7-3)23-8-4/h11,14H,5-10,12,17H2,1-4H3. The molecule has 0 atom stereocenters. The minimum atomic E-state index is -0.463. The molecule has 0 unspecified atom stereocenters. The van der Waals surface area contributed by atoms with Crippen LogP contribution < -0.4 is 5.73 Å². The number of carbonyl (C=O) groups is 1. The molecule has 1 rings (SSSR count). The summed E-state index contributed by atoms with van der Waals surface area (Å²) in [6.45, 7) is 12.1. The van der Waals surface area contributed by atoms with Crippen molar-refractivity contribution in [3.8, 4) is 0 Å². The summed E-state index contributed by atoms with van der Waals surface area (Å²) in [6.07, 6.45) is 0.970. The maximum Gasteiger partial charge on any atom is 0.343 e. The molecule has 0 aliphatic carbocycles. The van der Waals surface area contributed by atoms with Gasteiger partial charge in [0.2, 0.25) is 0 Å². The number of nitrogens with zero attached hydrogens (tertiary/aromatic N) is 3. The quantitative estimate of drug-likeness (QED) is 0.453. The van der Waals surface area contributed by atoms with Crippen molar-refractivity contribution in [2.24, 2.45) is 0 Å². The van der Waals surface area contributed by atoms with Gasteiger partial charge in [-0.2, -0.15) is 5.10 Å². The molecule has 0 bridgehead atoms. The van der Waals surface area contributed by atoms with Gasteiger partial charge in [0.15, 0.2) is 6.29 Å². The molecule has 138 valence electrons. The molecule has 2 N–H and O–H groups in total. The number of aromatic nitrogens is 2. The maximum atomic E-state index is 12.1. The monoisotopic (exact) mass is 342 g/mol. The summed E-state index contributed by atoms with van der Waals surface area (Å²) in [6, 6.07) is 0. The van der Waals surface area contributed by atoms with Crippen molar-refractivity contribution < 1.29 is 19.0 Å². The van der Waals surface area contributed by atoms with Crippen LogP contribution in [0, 0.1) is 0 Å². The zero-order valence-electron chi connectivity index (χ0n) is 15.2. The van der Waals surface area contributed by atoms with Crippen LogP contribution in [0.1, 0.15) is 38.1 Å². The van der Waals surface area contributed by atoms with E-state index in [2.05, 4.69) is 23.8 Å². The first-order valence-corrected chi connectivity index (χ1v) is 8.51. The molecule has 0 aliphatic heterocycles. The van der Waals surface area contributed by atoms with E-state index in [0.717, 1.165) is 13.1 Å². The van der Waals surface area contributed by atoms with Crippen LogP contribution in [0.3, 0.4) is 0 Å². The Morgan fingerprint density at radius 1 is 1.25 bits per heavy atom. The molecule has 8 nitrogen and oxygen atoms in total. The first-order chi connectivity index (χ1) is 11.6. The summed E-state index contributed by atoms with van der Waals surface area (Å²) in [7, 11) is 0. The van der Waals surface area contributed by atoms with Crippen LogP contribution >= 0.6 is 0 Å². The van der Waals surface area contributed by atoms with Crippen molar-refractivity contribution in [3.05, 3.63) is 11.8 Å². The Kier molecular flexibility index (Phi) is 9.36. The van der Waals surface area contributed by atoms with Crippen LogP contribution in [0.4, 0.5) is 5.82 Å². The normalized spacial score (nSPS) is 11.4. The maximum absolute atomic E-state index is 12.1. The van der Waals surface area contributed by atoms with E-state index < -0.39 is 12.3 Å². The Labute approximate surface area is 143 Å². The number of anilines is 1. The minimum absolute atomic E-state index is 0.257. The largest absolute Gasteiger partial charge is 0.461 e. The van der Waals surface area contributed by atoms with E-state index in [1.165, 1.54) is 10.9 Å². The van der Waals surface area contributed by atoms with E-state index in [0.29, 0.717) is 32.9 Å². The Hall–Kier alpha value is -1.64. The summed E-state index contributed by atoms with van der Waals surface area (Å²) in [5, 5.41) is 4.14. The molecule has 0 radical (unpaired) electrons. The Bertz CT molecular complexity index is 482. The second-order valence-electron chi connectivity index (χ2n) is 5.13. The number of esters is 1. The van der Waals surface area contributed by atoms with E-state index in [1.807, 2.05) is 13.8 Å². The summed E-state index contributed by atoms with van der Waals surface area (Å²) < 4.78 is 17.7. The number of ether oxygens (including phenoxy) is 3. The predicted molar refractivity (Wildman–Crippen MR) is 91.7 cm³/mol. The molecule has 0 aliphatic rings. The van der Waals surface area contributed by atoms with Gasteiger partial charge in [-0.15, -0.1) is 0 Å². The fraction of sp³-hybridized carbons (Fsp3) is 0.750. The number of rotatable bonds is 12. The number of nitrogens with two attached hydrogens (primary N) is 1. The molecular weight excluding hydrogens is 312 g/mol. The van der Waals surface area contributed by atoms with Crippen molar-refractivity contribution in [3.63, 3.8) is 0 Å². The van der Waals surface area contributed by atoms with Crippen molar-refractivity contribution in [1.29, 1.82) is 0 Å². The molecule has 1 aromatic heterocycles. The molecule has 0 saturated carbocycles. The Morgan fingerprint density at radius 3 is 2.42 bits per heavy atom. The molecule has 1 heterocycles. The van der Waals surface area contributed by atoms with Gasteiger partial charge in [-0.25, -0.2) is 9.48 Å². The zero-order chi connectivity index (χ0) is 17.9. The lowest BCUT2D eigenvalue weighted by Gasteiger charge is -2.18. The van der Waals surface area contributed by atoms with Crippen LogP contribution in [-0.4, -0.2) is 66.4 Å². The van der Waals surface area contributed by atoms with Gasteiger partial charge in [0, 0.05) is 19.8 Å². The smallest absolute Gasteiger partial charge is 0.343 e. The number of nitrogen functional groups attached to an aromatic ring is 1. The molecule has 24 heavy (non-hydrogen) atoms. The van der Waals surface area contributed by atoms with Crippen LogP contribution in [0.5, 0.6) is 0 Å². The van der Waals surface area contributed by atoms with Gasteiger partial charge in [0.25, 0.3) is 0 Å². The first-order valence-electron chi connectivity index (χ1n) is 8.51. The second kappa shape index (κ2) is 11.0. The van der Waals surface area contributed by atoms with E-state index in [4.69, 9.17) is 19.9 Å². The molecule has 0 fully saturated rings. The molecular formula is C16H30N4O4. The fourth-order valence-corrected chi connectivity index (χ4v) is 2.25. The average molecular weight is 342 g/mol. The van der Waals surface area contributed by atoms with Gasteiger partial charge in [-0.1, -0.05) is 13.8 Å². The summed E-state index contributed by atoms with van der Waals surface area (Å²) in [5.74, 6) is -0.206. The van der Waals surface area contributed by atoms with Crippen molar-refractivity contribution in [2.45, 2.75) is 40.5 Å². The number of likely N-dealkylation sites (N-methyl/N-ethyl adjacent to an activating group) is 1. The molecule has 0 saturated heterocycles.